The topological polar surface area (TPSA) is 86.8 Å². The molecule has 3 aromatic carbocycles. The van der Waals surface area contributed by atoms with Crippen molar-refractivity contribution in [1.82, 2.24) is 10.2 Å². The SMILES string of the molecule is CCNC(=O)[C@H](C)N(Cc1ccccc1F)C(=O)CN(c1ccc(Cl)cc1)S(=O)(=O)c1ccc(C)cc1. The zero-order valence-electron chi connectivity index (χ0n) is 20.8. The van der Waals surface area contributed by atoms with E-state index in [4.69, 9.17) is 11.6 Å². The number of carbonyl (C=O) groups is 2. The van der Waals surface area contributed by atoms with Crippen LogP contribution in [-0.2, 0) is 26.2 Å². The van der Waals surface area contributed by atoms with Gasteiger partial charge in [0.05, 0.1) is 10.6 Å². The Kier molecular flexibility index (Phi) is 9.29. The Labute approximate surface area is 221 Å². The lowest BCUT2D eigenvalue weighted by molar-refractivity contribution is -0.139. The molecule has 0 fully saturated rings. The molecule has 7 nitrogen and oxygen atoms in total. The lowest BCUT2D eigenvalue weighted by Crippen LogP contribution is -2.51. The largest absolute Gasteiger partial charge is 0.355 e. The van der Waals surface area contributed by atoms with E-state index in [-0.39, 0.29) is 22.7 Å². The fourth-order valence-electron chi connectivity index (χ4n) is 3.69. The summed E-state index contributed by atoms with van der Waals surface area (Å²) in [6.07, 6.45) is 0. The van der Waals surface area contributed by atoms with Gasteiger partial charge >= 0.3 is 0 Å². The minimum absolute atomic E-state index is 0.00159. The molecule has 0 bridgehead atoms. The van der Waals surface area contributed by atoms with Crippen LogP contribution in [-0.4, -0.2) is 44.3 Å². The third kappa shape index (κ3) is 6.87. The molecular formula is C27H29ClFN3O4S. The fraction of sp³-hybridized carbons (Fsp3) is 0.259. The number of likely N-dealkylation sites (N-methyl/N-ethyl adjacent to an activating group) is 1. The van der Waals surface area contributed by atoms with Crippen molar-refractivity contribution in [2.45, 2.75) is 38.3 Å². The number of anilines is 1. The van der Waals surface area contributed by atoms with Crippen molar-refractivity contribution in [3.05, 3.63) is 94.8 Å². The second-order valence-electron chi connectivity index (χ2n) is 8.48. The molecule has 0 heterocycles. The van der Waals surface area contributed by atoms with Gasteiger partial charge in [0.15, 0.2) is 0 Å². The lowest BCUT2D eigenvalue weighted by Gasteiger charge is -2.32. The molecule has 0 unspecified atom stereocenters. The van der Waals surface area contributed by atoms with Gasteiger partial charge in [-0.1, -0.05) is 47.5 Å². The molecule has 1 N–H and O–H groups in total. The van der Waals surface area contributed by atoms with Crippen molar-refractivity contribution in [1.29, 1.82) is 0 Å². The van der Waals surface area contributed by atoms with Gasteiger partial charge in [-0.25, -0.2) is 12.8 Å². The Hall–Kier alpha value is -3.43. The van der Waals surface area contributed by atoms with Gasteiger partial charge in [-0.05, 0) is 63.2 Å². The predicted molar refractivity (Wildman–Crippen MR) is 142 cm³/mol. The number of halogens is 2. The second kappa shape index (κ2) is 12.2. The third-order valence-corrected chi connectivity index (χ3v) is 7.86. The maximum atomic E-state index is 14.5. The molecule has 0 spiro atoms. The molecule has 0 aliphatic carbocycles. The number of sulfonamides is 1. The molecule has 1 atom stereocenters. The smallest absolute Gasteiger partial charge is 0.264 e. The minimum Gasteiger partial charge on any atom is -0.355 e. The molecule has 3 aromatic rings. The van der Waals surface area contributed by atoms with E-state index in [2.05, 4.69) is 5.32 Å². The summed E-state index contributed by atoms with van der Waals surface area (Å²) in [5.74, 6) is -1.65. The Morgan fingerprint density at radius 1 is 1.00 bits per heavy atom. The Bertz CT molecular complexity index is 1350. The standard InChI is InChI=1S/C27H29ClFN3O4S/c1-4-30-27(34)20(3)31(17-21-7-5-6-8-25(21)29)26(33)18-32(23-13-11-22(28)12-14-23)37(35,36)24-15-9-19(2)10-16-24/h5-16,20H,4,17-18H2,1-3H3,(H,30,34)/t20-/m0/s1. The van der Waals surface area contributed by atoms with Crippen LogP contribution in [0.15, 0.2) is 77.7 Å². The maximum absolute atomic E-state index is 14.5. The molecule has 0 radical (unpaired) electrons. The highest BCUT2D eigenvalue weighted by molar-refractivity contribution is 7.92. The highest BCUT2D eigenvalue weighted by Gasteiger charge is 2.32. The van der Waals surface area contributed by atoms with Crippen LogP contribution in [0.3, 0.4) is 0 Å². The van der Waals surface area contributed by atoms with Gasteiger partial charge in [-0.15, -0.1) is 0 Å². The van der Waals surface area contributed by atoms with Crippen LogP contribution >= 0.6 is 11.6 Å². The van der Waals surface area contributed by atoms with Crippen LogP contribution < -0.4 is 9.62 Å². The monoisotopic (exact) mass is 545 g/mol. The summed E-state index contributed by atoms with van der Waals surface area (Å²) in [5, 5.41) is 3.06. The van der Waals surface area contributed by atoms with Crippen molar-refractivity contribution in [3.63, 3.8) is 0 Å². The Balaban J connectivity index is 2.03. The van der Waals surface area contributed by atoms with E-state index in [9.17, 15) is 22.4 Å². The first-order valence-corrected chi connectivity index (χ1v) is 13.5. The van der Waals surface area contributed by atoms with Crippen LogP contribution in [0.5, 0.6) is 0 Å². The Morgan fingerprint density at radius 2 is 1.62 bits per heavy atom. The first-order chi connectivity index (χ1) is 17.5. The van der Waals surface area contributed by atoms with Crippen molar-refractivity contribution in [3.8, 4) is 0 Å². The number of carbonyl (C=O) groups excluding carboxylic acids is 2. The van der Waals surface area contributed by atoms with E-state index in [0.717, 1.165) is 9.87 Å². The highest BCUT2D eigenvalue weighted by Crippen LogP contribution is 2.26. The molecule has 37 heavy (non-hydrogen) atoms. The summed E-state index contributed by atoms with van der Waals surface area (Å²) in [6.45, 7) is 4.59. The molecular weight excluding hydrogens is 517 g/mol. The first-order valence-electron chi connectivity index (χ1n) is 11.7. The number of nitrogens with one attached hydrogen (secondary N) is 1. The number of nitrogens with zero attached hydrogens (tertiary/aromatic N) is 2. The average Bonchev–Trinajstić information content (AvgIpc) is 2.87. The summed E-state index contributed by atoms with van der Waals surface area (Å²) < 4.78 is 42.8. The van der Waals surface area contributed by atoms with Gasteiger partial charge in [-0.3, -0.25) is 13.9 Å². The van der Waals surface area contributed by atoms with Crippen molar-refractivity contribution < 1.29 is 22.4 Å². The predicted octanol–water partition coefficient (Wildman–Crippen LogP) is 4.54. The van der Waals surface area contributed by atoms with Crippen molar-refractivity contribution >= 4 is 39.1 Å². The number of benzene rings is 3. The normalized spacial score (nSPS) is 12.0. The molecule has 2 amide bonds. The number of amides is 2. The summed E-state index contributed by atoms with van der Waals surface area (Å²) in [5.41, 5.74) is 1.29. The molecule has 10 heteroatoms. The van der Waals surface area contributed by atoms with Crippen LogP contribution in [0, 0.1) is 12.7 Å². The second-order valence-corrected chi connectivity index (χ2v) is 10.8. The van der Waals surface area contributed by atoms with Crippen molar-refractivity contribution in [2.75, 3.05) is 17.4 Å². The summed E-state index contributed by atoms with van der Waals surface area (Å²) in [7, 11) is -4.18. The van der Waals surface area contributed by atoms with Gasteiger partial charge in [0.25, 0.3) is 10.0 Å². The van der Waals surface area contributed by atoms with E-state index in [1.807, 2.05) is 6.92 Å². The Morgan fingerprint density at radius 3 is 2.22 bits per heavy atom. The maximum Gasteiger partial charge on any atom is 0.264 e. The average molecular weight is 546 g/mol. The van der Waals surface area contributed by atoms with E-state index in [0.29, 0.717) is 11.6 Å². The molecule has 0 aliphatic heterocycles. The minimum atomic E-state index is -4.18. The molecule has 0 saturated heterocycles. The number of aryl methyl sites for hydroxylation is 1. The number of hydrogen-bond acceptors (Lipinski definition) is 4. The summed E-state index contributed by atoms with van der Waals surface area (Å²) in [6, 6.07) is 17.2. The van der Waals surface area contributed by atoms with Gasteiger partial charge in [-0.2, -0.15) is 0 Å². The highest BCUT2D eigenvalue weighted by atomic mass is 35.5. The van der Waals surface area contributed by atoms with E-state index < -0.39 is 40.2 Å². The van der Waals surface area contributed by atoms with Crippen LogP contribution in [0.1, 0.15) is 25.0 Å². The lowest BCUT2D eigenvalue weighted by atomic mass is 10.1. The van der Waals surface area contributed by atoms with Gasteiger partial charge in [0, 0.05) is 23.7 Å². The van der Waals surface area contributed by atoms with E-state index in [1.165, 1.54) is 66.4 Å². The van der Waals surface area contributed by atoms with Crippen LogP contribution in [0.25, 0.3) is 0 Å². The summed E-state index contributed by atoms with van der Waals surface area (Å²) >= 11 is 6.01. The van der Waals surface area contributed by atoms with Gasteiger partial charge in [0.1, 0.15) is 18.4 Å². The third-order valence-electron chi connectivity index (χ3n) is 5.82. The molecule has 0 aliphatic rings. The van der Waals surface area contributed by atoms with E-state index in [1.54, 1.807) is 25.1 Å². The summed E-state index contributed by atoms with van der Waals surface area (Å²) in [4.78, 5) is 27.5. The van der Waals surface area contributed by atoms with Crippen LogP contribution in [0.2, 0.25) is 5.02 Å². The fourth-order valence-corrected chi connectivity index (χ4v) is 5.23. The molecule has 0 aromatic heterocycles. The molecule has 3 rings (SSSR count). The molecule has 196 valence electrons. The first kappa shape index (κ1) is 28.1. The van der Waals surface area contributed by atoms with Gasteiger partial charge in [0.2, 0.25) is 11.8 Å². The zero-order chi connectivity index (χ0) is 27.2. The van der Waals surface area contributed by atoms with Crippen LogP contribution in [0.4, 0.5) is 10.1 Å². The number of hydrogen-bond donors (Lipinski definition) is 1. The van der Waals surface area contributed by atoms with Gasteiger partial charge < -0.3 is 10.2 Å². The quantitative estimate of drug-likeness (QED) is 0.405. The zero-order valence-corrected chi connectivity index (χ0v) is 22.4. The van der Waals surface area contributed by atoms with E-state index >= 15 is 0 Å². The van der Waals surface area contributed by atoms with Crippen molar-refractivity contribution in [2.24, 2.45) is 0 Å². The number of rotatable bonds is 10. The molecule has 0 saturated carbocycles.